The molecule has 0 bridgehead atoms. The highest BCUT2D eigenvalue weighted by molar-refractivity contribution is 6.20. The van der Waals surface area contributed by atoms with E-state index >= 15 is 0 Å². The van der Waals surface area contributed by atoms with Gasteiger partial charge in [-0.05, 0) is 51.5 Å². The van der Waals surface area contributed by atoms with Gasteiger partial charge in [0.1, 0.15) is 11.6 Å². The van der Waals surface area contributed by atoms with Gasteiger partial charge in [0.05, 0.1) is 11.4 Å². The average molecular weight is 437 g/mol. The van der Waals surface area contributed by atoms with Crippen LogP contribution in [-0.4, -0.2) is 32.5 Å². The molecule has 33 heavy (non-hydrogen) atoms. The summed E-state index contributed by atoms with van der Waals surface area (Å²) in [5, 5.41) is 14.4. The third-order valence-corrected chi connectivity index (χ3v) is 5.68. The Morgan fingerprint density at radius 1 is 0.970 bits per heavy atom. The number of nitriles is 1. The summed E-state index contributed by atoms with van der Waals surface area (Å²) in [6.07, 6.45) is 3.60. The van der Waals surface area contributed by atoms with E-state index in [-0.39, 0.29) is 11.6 Å². The number of carbonyl (C=O) groups excluding carboxylic acids is 2. The van der Waals surface area contributed by atoms with Gasteiger partial charge >= 0.3 is 0 Å². The molecule has 2 aromatic carbocycles. The van der Waals surface area contributed by atoms with Crippen LogP contribution >= 0.6 is 0 Å². The summed E-state index contributed by atoms with van der Waals surface area (Å²) < 4.78 is 1.77. The molecular formula is C27H24N4O2. The molecule has 164 valence electrons. The van der Waals surface area contributed by atoms with Crippen LogP contribution in [-0.2, 0) is 9.59 Å². The Morgan fingerprint density at radius 3 is 2.24 bits per heavy atom. The molecule has 0 atom stereocenters. The van der Waals surface area contributed by atoms with E-state index in [1.807, 2.05) is 73.8 Å². The third-order valence-electron chi connectivity index (χ3n) is 5.68. The Labute approximate surface area is 193 Å². The fourth-order valence-electron chi connectivity index (χ4n) is 3.87. The standard InChI is InChI=1S/C27H24N4O2/c1-17(2)31-26(32)23(19(4)24(15-28)27(31)33)14-21-16-30(22-8-6-5-7-9-22)29-25(21)20-12-10-18(3)11-13-20/h5-14,16-17H,1-4H3/b23-14+. The molecule has 0 saturated carbocycles. The smallest absolute Gasteiger partial charge is 0.271 e. The van der Waals surface area contributed by atoms with Crippen molar-refractivity contribution in [2.75, 3.05) is 0 Å². The molecule has 0 saturated heterocycles. The molecule has 0 unspecified atom stereocenters. The van der Waals surface area contributed by atoms with E-state index in [1.54, 1.807) is 31.5 Å². The zero-order valence-corrected chi connectivity index (χ0v) is 19.0. The molecule has 0 N–H and O–H groups in total. The number of nitrogens with zero attached hydrogens (tertiary/aromatic N) is 4. The van der Waals surface area contributed by atoms with Crippen molar-refractivity contribution < 1.29 is 9.59 Å². The van der Waals surface area contributed by atoms with Crippen LogP contribution in [0.15, 0.2) is 77.5 Å². The topological polar surface area (TPSA) is 79.0 Å². The Morgan fingerprint density at radius 2 is 1.64 bits per heavy atom. The van der Waals surface area contributed by atoms with Crippen LogP contribution in [0.2, 0.25) is 0 Å². The second kappa shape index (κ2) is 8.71. The van der Waals surface area contributed by atoms with Crippen LogP contribution in [0.4, 0.5) is 0 Å². The molecule has 2 heterocycles. The number of hydrogen-bond acceptors (Lipinski definition) is 4. The van der Waals surface area contributed by atoms with E-state index in [0.717, 1.165) is 27.3 Å². The summed E-state index contributed by atoms with van der Waals surface area (Å²) in [5.74, 6) is -0.959. The first-order chi connectivity index (χ1) is 15.8. The molecule has 1 aliphatic heterocycles. The maximum Gasteiger partial charge on any atom is 0.271 e. The van der Waals surface area contributed by atoms with E-state index in [0.29, 0.717) is 16.8 Å². The molecule has 1 aromatic heterocycles. The Hall–Kier alpha value is -4.24. The highest BCUT2D eigenvalue weighted by Gasteiger charge is 2.37. The summed E-state index contributed by atoms with van der Waals surface area (Å²) in [6, 6.07) is 19.3. The predicted molar refractivity (Wildman–Crippen MR) is 127 cm³/mol. The summed E-state index contributed by atoms with van der Waals surface area (Å²) in [4.78, 5) is 27.1. The fraction of sp³-hybridized carbons (Fsp3) is 0.185. The van der Waals surface area contributed by atoms with Gasteiger partial charge in [-0.3, -0.25) is 14.5 Å². The highest BCUT2D eigenvalue weighted by atomic mass is 16.2. The molecule has 0 aliphatic carbocycles. The van der Waals surface area contributed by atoms with E-state index in [2.05, 4.69) is 0 Å². The van der Waals surface area contributed by atoms with Gasteiger partial charge in [0, 0.05) is 28.9 Å². The second-order valence-electron chi connectivity index (χ2n) is 8.32. The minimum Gasteiger partial charge on any atom is -0.271 e. The predicted octanol–water partition coefficient (Wildman–Crippen LogP) is 4.85. The van der Waals surface area contributed by atoms with Crippen molar-refractivity contribution in [3.8, 4) is 23.0 Å². The van der Waals surface area contributed by atoms with Crippen molar-refractivity contribution in [3.63, 3.8) is 0 Å². The lowest BCUT2D eigenvalue weighted by Gasteiger charge is -2.30. The number of aryl methyl sites for hydroxylation is 1. The number of imide groups is 1. The van der Waals surface area contributed by atoms with Crippen LogP contribution in [0.5, 0.6) is 0 Å². The molecular weight excluding hydrogens is 412 g/mol. The molecule has 4 rings (SSSR count). The third kappa shape index (κ3) is 4.01. The molecule has 1 aliphatic rings. The number of hydrogen-bond donors (Lipinski definition) is 0. The maximum atomic E-state index is 13.3. The molecule has 3 aromatic rings. The summed E-state index contributed by atoms with van der Waals surface area (Å²) >= 11 is 0. The zero-order valence-electron chi connectivity index (χ0n) is 19.0. The Balaban J connectivity index is 1.94. The quantitative estimate of drug-likeness (QED) is 0.433. The van der Waals surface area contributed by atoms with Crippen LogP contribution in [0.3, 0.4) is 0 Å². The molecule has 0 spiro atoms. The van der Waals surface area contributed by atoms with Crippen LogP contribution in [0, 0.1) is 18.3 Å². The van der Waals surface area contributed by atoms with Gasteiger partial charge in [0.15, 0.2) is 0 Å². The number of amides is 2. The van der Waals surface area contributed by atoms with E-state index in [9.17, 15) is 14.9 Å². The lowest BCUT2D eigenvalue weighted by atomic mass is 9.92. The lowest BCUT2D eigenvalue weighted by molar-refractivity contribution is -0.142. The first-order valence-electron chi connectivity index (χ1n) is 10.7. The van der Waals surface area contributed by atoms with Crippen LogP contribution in [0.25, 0.3) is 23.0 Å². The number of rotatable bonds is 4. The summed E-state index contributed by atoms with van der Waals surface area (Å²) in [7, 11) is 0. The number of benzene rings is 2. The van der Waals surface area contributed by atoms with Crippen LogP contribution in [0.1, 0.15) is 31.9 Å². The second-order valence-corrected chi connectivity index (χ2v) is 8.32. The SMILES string of the molecule is CC1=C(C#N)C(=O)N(C(C)C)C(=O)/C1=C/c1cn(-c2ccccc2)nc1-c1ccc(C)cc1. The molecule has 6 nitrogen and oxygen atoms in total. The number of para-hydroxylation sites is 1. The average Bonchev–Trinajstić information content (AvgIpc) is 3.22. The maximum absolute atomic E-state index is 13.3. The molecule has 6 heteroatoms. The Bertz CT molecular complexity index is 1340. The minimum atomic E-state index is -0.550. The zero-order chi connectivity index (χ0) is 23.7. The molecule has 2 amide bonds. The molecule has 0 fully saturated rings. The lowest BCUT2D eigenvalue weighted by Crippen LogP contribution is -2.46. The van der Waals surface area contributed by atoms with Crippen molar-refractivity contribution in [1.29, 1.82) is 5.26 Å². The van der Waals surface area contributed by atoms with E-state index in [4.69, 9.17) is 5.10 Å². The normalized spacial score (nSPS) is 15.5. The van der Waals surface area contributed by atoms with E-state index < -0.39 is 11.8 Å². The van der Waals surface area contributed by atoms with Crippen molar-refractivity contribution in [1.82, 2.24) is 14.7 Å². The van der Waals surface area contributed by atoms with Gasteiger partial charge in [-0.25, -0.2) is 4.68 Å². The highest BCUT2D eigenvalue weighted by Crippen LogP contribution is 2.31. The van der Waals surface area contributed by atoms with E-state index in [1.165, 1.54) is 0 Å². The summed E-state index contributed by atoms with van der Waals surface area (Å²) in [5.41, 5.74) is 5.04. The van der Waals surface area contributed by atoms with Crippen molar-refractivity contribution in [2.24, 2.45) is 0 Å². The van der Waals surface area contributed by atoms with Gasteiger partial charge in [-0.1, -0.05) is 48.0 Å². The van der Waals surface area contributed by atoms with Crippen molar-refractivity contribution >= 4 is 17.9 Å². The van der Waals surface area contributed by atoms with Gasteiger partial charge in [-0.15, -0.1) is 0 Å². The van der Waals surface area contributed by atoms with Gasteiger partial charge < -0.3 is 0 Å². The first kappa shape index (κ1) is 22.0. The fourth-order valence-corrected chi connectivity index (χ4v) is 3.87. The van der Waals surface area contributed by atoms with Gasteiger partial charge in [0.25, 0.3) is 11.8 Å². The Kier molecular flexibility index (Phi) is 5.80. The van der Waals surface area contributed by atoms with Gasteiger partial charge in [0.2, 0.25) is 0 Å². The molecule has 0 radical (unpaired) electrons. The van der Waals surface area contributed by atoms with Crippen molar-refractivity contribution in [3.05, 3.63) is 88.6 Å². The van der Waals surface area contributed by atoms with Crippen molar-refractivity contribution in [2.45, 2.75) is 33.7 Å². The summed E-state index contributed by atoms with van der Waals surface area (Å²) in [6.45, 7) is 7.18. The minimum absolute atomic E-state index is 0.0121. The van der Waals surface area contributed by atoms with Gasteiger partial charge in [-0.2, -0.15) is 10.4 Å². The van der Waals surface area contributed by atoms with Crippen LogP contribution < -0.4 is 0 Å². The number of carbonyl (C=O) groups is 2. The monoisotopic (exact) mass is 436 g/mol. The largest absolute Gasteiger partial charge is 0.271 e. The number of aromatic nitrogens is 2. The first-order valence-corrected chi connectivity index (χ1v) is 10.7.